The highest BCUT2D eigenvalue weighted by atomic mass is 35.5. The van der Waals surface area contributed by atoms with Crippen LogP contribution in [0.15, 0.2) is 47.7 Å². The second-order valence-corrected chi connectivity index (χ2v) is 5.95. The first kappa shape index (κ1) is 16.7. The molecule has 2 rings (SSSR count). The highest BCUT2D eigenvalue weighted by Gasteiger charge is 2.20. The average Bonchev–Trinajstić information content (AvgIpc) is 2.49. The number of hydrogen-bond donors (Lipinski definition) is 1. The van der Waals surface area contributed by atoms with Crippen LogP contribution >= 0.6 is 11.6 Å². The van der Waals surface area contributed by atoms with Gasteiger partial charge in [-0.25, -0.2) is 5.84 Å². The van der Waals surface area contributed by atoms with Crippen LogP contribution in [-0.4, -0.2) is 12.1 Å². The van der Waals surface area contributed by atoms with Gasteiger partial charge in [-0.3, -0.25) is 5.01 Å². The maximum absolute atomic E-state index is 6.39. The lowest BCUT2D eigenvalue weighted by atomic mass is 9.96. The average molecular weight is 319 g/mol. The summed E-state index contributed by atoms with van der Waals surface area (Å²) in [5.74, 6) is 7.55. The molecule has 0 spiro atoms. The standard InChI is InChI=1S/C18H23ClN2O/c1-5-14(12(2)3)17-7-6-8-18(21(17)20)15-10-9-13(22-4)11-16(15)19/h6-12H,5,20H2,1-4H3/b17-14+. The highest BCUT2D eigenvalue weighted by Crippen LogP contribution is 2.34. The van der Waals surface area contributed by atoms with Crippen molar-refractivity contribution in [1.82, 2.24) is 5.01 Å². The molecule has 2 N–H and O–H groups in total. The first-order chi connectivity index (χ1) is 10.5. The van der Waals surface area contributed by atoms with Crippen LogP contribution in [-0.2, 0) is 0 Å². The molecule has 1 aromatic carbocycles. The van der Waals surface area contributed by atoms with E-state index in [4.69, 9.17) is 22.2 Å². The zero-order chi connectivity index (χ0) is 16.3. The summed E-state index contributed by atoms with van der Waals surface area (Å²) in [5.41, 5.74) is 4.15. The van der Waals surface area contributed by atoms with Gasteiger partial charge >= 0.3 is 0 Å². The lowest BCUT2D eigenvalue weighted by Gasteiger charge is -2.29. The summed E-state index contributed by atoms with van der Waals surface area (Å²) in [4.78, 5) is 0. The fraction of sp³-hybridized carbons (Fsp3) is 0.333. The fourth-order valence-electron chi connectivity index (χ4n) is 2.72. The van der Waals surface area contributed by atoms with Gasteiger partial charge in [-0.05, 0) is 48.3 Å². The number of rotatable bonds is 4. The molecule has 0 saturated heterocycles. The second kappa shape index (κ2) is 7.03. The molecular weight excluding hydrogens is 296 g/mol. The number of hydrazine groups is 1. The minimum atomic E-state index is 0.446. The molecule has 0 unspecified atom stereocenters. The summed E-state index contributed by atoms with van der Waals surface area (Å²) >= 11 is 6.39. The number of benzene rings is 1. The smallest absolute Gasteiger partial charge is 0.120 e. The van der Waals surface area contributed by atoms with Gasteiger partial charge in [0.05, 0.1) is 23.5 Å². The Labute approximate surface area is 137 Å². The Kier molecular flexibility index (Phi) is 5.33. The molecule has 1 aliphatic rings. The zero-order valence-corrected chi connectivity index (χ0v) is 14.3. The van der Waals surface area contributed by atoms with Crippen molar-refractivity contribution in [2.45, 2.75) is 27.2 Å². The third-order valence-corrected chi connectivity index (χ3v) is 4.20. The van der Waals surface area contributed by atoms with Crippen LogP contribution < -0.4 is 10.6 Å². The summed E-state index contributed by atoms with van der Waals surface area (Å²) in [5, 5.41) is 2.35. The Hall–Kier alpha value is -1.71. The molecule has 0 bridgehead atoms. The summed E-state index contributed by atoms with van der Waals surface area (Å²) in [6.07, 6.45) is 7.02. The molecule has 3 nitrogen and oxygen atoms in total. The fourth-order valence-corrected chi connectivity index (χ4v) is 2.99. The van der Waals surface area contributed by atoms with Gasteiger partial charge in [-0.15, -0.1) is 0 Å². The van der Waals surface area contributed by atoms with Crippen molar-refractivity contribution in [2.24, 2.45) is 11.8 Å². The normalized spacial score (nSPS) is 16.9. The van der Waals surface area contributed by atoms with E-state index < -0.39 is 0 Å². The van der Waals surface area contributed by atoms with E-state index in [1.165, 1.54) is 5.57 Å². The Balaban J connectivity index is 2.46. The molecule has 4 heteroatoms. The molecule has 1 aromatic rings. The number of nitrogens with zero attached hydrogens (tertiary/aromatic N) is 1. The van der Waals surface area contributed by atoms with Gasteiger partial charge in [0.1, 0.15) is 5.75 Å². The topological polar surface area (TPSA) is 38.5 Å². The van der Waals surface area contributed by atoms with Crippen LogP contribution in [0.4, 0.5) is 0 Å². The first-order valence-electron chi connectivity index (χ1n) is 7.49. The SMILES string of the molecule is CC/C(=C1/C=CC=C(c2ccc(OC)cc2Cl)N1N)C(C)C. The number of halogens is 1. The van der Waals surface area contributed by atoms with Gasteiger partial charge in [0.15, 0.2) is 0 Å². The molecular formula is C18H23ClN2O. The monoisotopic (exact) mass is 318 g/mol. The van der Waals surface area contributed by atoms with Gasteiger partial charge in [-0.2, -0.15) is 0 Å². The third-order valence-electron chi connectivity index (χ3n) is 3.89. The van der Waals surface area contributed by atoms with Crippen LogP contribution in [0.5, 0.6) is 5.75 Å². The molecule has 1 heterocycles. The van der Waals surface area contributed by atoms with Crippen molar-refractivity contribution in [3.8, 4) is 5.75 Å². The second-order valence-electron chi connectivity index (χ2n) is 5.55. The van der Waals surface area contributed by atoms with E-state index in [2.05, 4.69) is 26.8 Å². The molecule has 118 valence electrons. The number of hydrogen-bond acceptors (Lipinski definition) is 3. The van der Waals surface area contributed by atoms with Crippen molar-refractivity contribution in [3.63, 3.8) is 0 Å². The Morgan fingerprint density at radius 3 is 2.64 bits per heavy atom. The van der Waals surface area contributed by atoms with Crippen molar-refractivity contribution in [3.05, 3.63) is 58.3 Å². The zero-order valence-electron chi connectivity index (χ0n) is 13.6. The molecule has 0 aromatic heterocycles. The van der Waals surface area contributed by atoms with E-state index in [1.807, 2.05) is 24.3 Å². The van der Waals surface area contributed by atoms with Crippen LogP contribution in [0.2, 0.25) is 5.02 Å². The predicted octanol–water partition coefficient (Wildman–Crippen LogP) is 4.76. The van der Waals surface area contributed by atoms with E-state index in [0.717, 1.165) is 29.1 Å². The van der Waals surface area contributed by atoms with Crippen molar-refractivity contribution in [2.75, 3.05) is 7.11 Å². The number of methoxy groups -OCH3 is 1. The third kappa shape index (κ3) is 3.21. The molecule has 1 aliphatic heterocycles. The lowest BCUT2D eigenvalue weighted by molar-refractivity contribution is 0.414. The van der Waals surface area contributed by atoms with E-state index in [1.54, 1.807) is 18.2 Å². The van der Waals surface area contributed by atoms with Crippen molar-refractivity contribution < 1.29 is 4.74 Å². The number of allylic oxidation sites excluding steroid dienone is 4. The molecule has 0 radical (unpaired) electrons. The summed E-state index contributed by atoms with van der Waals surface area (Å²) in [7, 11) is 1.63. The van der Waals surface area contributed by atoms with Crippen LogP contribution in [0.1, 0.15) is 32.8 Å². The van der Waals surface area contributed by atoms with Crippen LogP contribution in [0, 0.1) is 5.92 Å². The van der Waals surface area contributed by atoms with E-state index in [9.17, 15) is 0 Å². The summed E-state index contributed by atoms with van der Waals surface area (Å²) < 4.78 is 5.20. The molecule has 0 aliphatic carbocycles. The van der Waals surface area contributed by atoms with Gasteiger partial charge < -0.3 is 4.74 Å². The molecule has 22 heavy (non-hydrogen) atoms. The molecule has 0 amide bonds. The quantitative estimate of drug-likeness (QED) is 0.814. The Morgan fingerprint density at radius 1 is 1.36 bits per heavy atom. The Bertz CT molecular complexity index is 644. The highest BCUT2D eigenvalue weighted by molar-refractivity contribution is 6.32. The maximum Gasteiger partial charge on any atom is 0.120 e. The minimum Gasteiger partial charge on any atom is -0.497 e. The van der Waals surface area contributed by atoms with Gasteiger partial charge in [-0.1, -0.05) is 38.4 Å². The van der Waals surface area contributed by atoms with E-state index in [0.29, 0.717) is 10.9 Å². The van der Waals surface area contributed by atoms with Crippen LogP contribution in [0.3, 0.4) is 0 Å². The number of ether oxygens (including phenoxy) is 1. The first-order valence-corrected chi connectivity index (χ1v) is 7.87. The van der Waals surface area contributed by atoms with Crippen molar-refractivity contribution in [1.29, 1.82) is 0 Å². The summed E-state index contributed by atoms with van der Waals surface area (Å²) in [6, 6.07) is 5.63. The van der Waals surface area contributed by atoms with Gasteiger partial charge in [0, 0.05) is 5.56 Å². The molecule has 0 atom stereocenters. The number of nitrogens with two attached hydrogens (primary N) is 1. The van der Waals surface area contributed by atoms with Gasteiger partial charge in [0.25, 0.3) is 0 Å². The van der Waals surface area contributed by atoms with E-state index >= 15 is 0 Å². The summed E-state index contributed by atoms with van der Waals surface area (Å²) in [6.45, 7) is 6.53. The van der Waals surface area contributed by atoms with E-state index in [-0.39, 0.29) is 0 Å². The van der Waals surface area contributed by atoms with Gasteiger partial charge in [0.2, 0.25) is 0 Å². The largest absolute Gasteiger partial charge is 0.497 e. The Morgan fingerprint density at radius 2 is 2.09 bits per heavy atom. The molecule has 0 fully saturated rings. The van der Waals surface area contributed by atoms with Crippen LogP contribution in [0.25, 0.3) is 5.70 Å². The maximum atomic E-state index is 6.39. The molecule has 0 saturated carbocycles. The lowest BCUT2D eigenvalue weighted by Crippen LogP contribution is -2.31. The minimum absolute atomic E-state index is 0.446. The van der Waals surface area contributed by atoms with Crippen molar-refractivity contribution >= 4 is 17.3 Å². The predicted molar refractivity (Wildman–Crippen MR) is 93.3 cm³/mol.